The molecule has 0 aromatic heterocycles. The van der Waals surface area contributed by atoms with Crippen molar-refractivity contribution in [2.45, 2.75) is 19.4 Å². The van der Waals surface area contributed by atoms with Crippen molar-refractivity contribution in [3.8, 4) is 12.3 Å². The molecule has 1 N–H and O–H groups in total. The molecule has 68 valence electrons. The van der Waals surface area contributed by atoms with E-state index >= 15 is 0 Å². The third kappa shape index (κ3) is 3.99. The zero-order valence-corrected chi connectivity index (χ0v) is 7.92. The molecule has 0 aliphatic heterocycles. The molecule has 0 spiro atoms. The van der Waals surface area contributed by atoms with Gasteiger partial charge in [-0.05, 0) is 6.42 Å². The maximum Gasteiger partial charge on any atom is 0.236 e. The van der Waals surface area contributed by atoms with Gasteiger partial charge in [-0.15, -0.1) is 6.42 Å². The summed E-state index contributed by atoms with van der Waals surface area (Å²) < 4.78 is 0. The van der Waals surface area contributed by atoms with Crippen LogP contribution in [0, 0.1) is 12.3 Å². The highest BCUT2D eigenvalue weighted by molar-refractivity contribution is 5.77. The summed E-state index contributed by atoms with van der Waals surface area (Å²) >= 11 is 0. The fraction of sp³-hybridized carbons (Fsp3) is 0.667. The summed E-state index contributed by atoms with van der Waals surface area (Å²) in [6.07, 6.45) is 6.05. The molecule has 0 aromatic carbocycles. The Balaban J connectivity index is 3.68. The Hall–Kier alpha value is -1.01. The Kier molecular flexibility index (Phi) is 5.14. The Morgan fingerprint density at radius 3 is 2.58 bits per heavy atom. The first kappa shape index (κ1) is 11.0. The summed E-state index contributed by atoms with van der Waals surface area (Å²) in [6.45, 7) is 2.30. The molecular weight excluding hydrogens is 152 g/mol. The molecule has 3 heteroatoms. The van der Waals surface area contributed by atoms with Crippen molar-refractivity contribution in [1.29, 1.82) is 0 Å². The maximum atomic E-state index is 11.1. The van der Waals surface area contributed by atoms with Crippen LogP contribution in [0.25, 0.3) is 0 Å². The molecule has 0 saturated carbocycles. The van der Waals surface area contributed by atoms with E-state index in [1.54, 1.807) is 14.1 Å². The van der Waals surface area contributed by atoms with Crippen molar-refractivity contribution in [1.82, 2.24) is 10.2 Å². The Labute approximate surface area is 74.1 Å². The first-order chi connectivity index (χ1) is 5.61. The molecule has 0 fully saturated rings. The predicted molar refractivity (Wildman–Crippen MR) is 49.6 cm³/mol. The van der Waals surface area contributed by atoms with E-state index in [2.05, 4.69) is 11.2 Å². The summed E-state index contributed by atoms with van der Waals surface area (Å²) in [6, 6.07) is 0.00824. The molecule has 1 atom stereocenters. The van der Waals surface area contributed by atoms with Crippen molar-refractivity contribution in [3.63, 3.8) is 0 Å². The summed E-state index contributed by atoms with van der Waals surface area (Å²) in [5, 5.41) is 2.97. The molecule has 0 rings (SSSR count). The van der Waals surface area contributed by atoms with Crippen LogP contribution in [-0.4, -0.2) is 37.5 Å². The number of amides is 1. The van der Waals surface area contributed by atoms with Gasteiger partial charge in [0.1, 0.15) is 0 Å². The van der Waals surface area contributed by atoms with Crippen molar-refractivity contribution in [2.24, 2.45) is 0 Å². The van der Waals surface area contributed by atoms with Gasteiger partial charge >= 0.3 is 0 Å². The second-order valence-electron chi connectivity index (χ2n) is 2.80. The molecule has 0 bridgehead atoms. The molecule has 0 aliphatic rings. The first-order valence-corrected chi connectivity index (χ1v) is 4.01. The number of hydrogen-bond donors (Lipinski definition) is 1. The lowest BCUT2D eigenvalue weighted by molar-refractivity contribution is -0.127. The normalized spacial score (nSPS) is 11.8. The zero-order valence-electron chi connectivity index (χ0n) is 7.92. The lowest BCUT2D eigenvalue weighted by Gasteiger charge is -2.13. The van der Waals surface area contributed by atoms with Crippen LogP contribution in [0.2, 0.25) is 0 Å². The van der Waals surface area contributed by atoms with Crippen LogP contribution in [0.4, 0.5) is 0 Å². The molecular formula is C9H16N2O. The van der Waals surface area contributed by atoms with E-state index < -0.39 is 0 Å². The van der Waals surface area contributed by atoms with Gasteiger partial charge in [0.2, 0.25) is 5.91 Å². The van der Waals surface area contributed by atoms with E-state index in [0.717, 1.165) is 6.42 Å². The third-order valence-corrected chi connectivity index (χ3v) is 1.61. The van der Waals surface area contributed by atoms with Gasteiger partial charge in [0.25, 0.3) is 0 Å². The topological polar surface area (TPSA) is 32.3 Å². The molecule has 0 heterocycles. The van der Waals surface area contributed by atoms with E-state index in [1.807, 2.05) is 6.92 Å². The highest BCUT2D eigenvalue weighted by atomic mass is 16.2. The van der Waals surface area contributed by atoms with Crippen LogP contribution in [0.1, 0.15) is 13.3 Å². The Morgan fingerprint density at radius 1 is 1.67 bits per heavy atom. The van der Waals surface area contributed by atoms with Crippen molar-refractivity contribution in [2.75, 3.05) is 20.6 Å². The van der Waals surface area contributed by atoms with Gasteiger partial charge in [0.05, 0.1) is 12.6 Å². The molecule has 0 aromatic rings. The molecule has 1 unspecified atom stereocenters. The highest BCUT2D eigenvalue weighted by Crippen LogP contribution is 1.87. The molecule has 0 aliphatic carbocycles. The summed E-state index contributed by atoms with van der Waals surface area (Å²) in [5.41, 5.74) is 0. The lowest BCUT2D eigenvalue weighted by Crippen LogP contribution is -2.37. The minimum Gasteiger partial charge on any atom is -0.348 e. The van der Waals surface area contributed by atoms with E-state index in [-0.39, 0.29) is 11.9 Å². The SMILES string of the molecule is C#CC(CC)NCC(=O)N(C)C. The van der Waals surface area contributed by atoms with Crippen LogP contribution in [0.15, 0.2) is 0 Å². The van der Waals surface area contributed by atoms with Crippen molar-refractivity contribution >= 4 is 5.91 Å². The van der Waals surface area contributed by atoms with Crippen molar-refractivity contribution in [3.05, 3.63) is 0 Å². The van der Waals surface area contributed by atoms with Crippen LogP contribution in [-0.2, 0) is 4.79 Å². The van der Waals surface area contributed by atoms with E-state index in [4.69, 9.17) is 6.42 Å². The van der Waals surface area contributed by atoms with Crippen LogP contribution < -0.4 is 5.32 Å². The number of nitrogens with one attached hydrogen (secondary N) is 1. The average Bonchev–Trinajstić information content (AvgIpc) is 2.05. The minimum atomic E-state index is 0.00824. The summed E-state index contributed by atoms with van der Waals surface area (Å²) in [4.78, 5) is 12.6. The second-order valence-corrected chi connectivity index (χ2v) is 2.80. The van der Waals surface area contributed by atoms with Crippen molar-refractivity contribution < 1.29 is 4.79 Å². The number of carbonyl (C=O) groups excluding carboxylic acids is 1. The number of nitrogens with zero attached hydrogens (tertiary/aromatic N) is 1. The fourth-order valence-corrected chi connectivity index (χ4v) is 0.690. The summed E-state index contributed by atoms with van der Waals surface area (Å²) in [5.74, 6) is 2.61. The lowest BCUT2D eigenvalue weighted by atomic mass is 10.2. The van der Waals surface area contributed by atoms with E-state index in [0.29, 0.717) is 6.54 Å². The largest absolute Gasteiger partial charge is 0.348 e. The predicted octanol–water partition coefficient (Wildman–Crippen LogP) is 0.0760. The number of terminal acetylenes is 1. The fourth-order valence-electron chi connectivity index (χ4n) is 0.690. The Bertz CT molecular complexity index is 181. The molecule has 12 heavy (non-hydrogen) atoms. The summed E-state index contributed by atoms with van der Waals surface area (Å²) in [7, 11) is 3.45. The van der Waals surface area contributed by atoms with Gasteiger partial charge in [-0.3, -0.25) is 10.1 Å². The van der Waals surface area contributed by atoms with Gasteiger partial charge in [-0.2, -0.15) is 0 Å². The highest BCUT2D eigenvalue weighted by Gasteiger charge is 2.06. The number of carbonyl (C=O) groups is 1. The Morgan fingerprint density at radius 2 is 2.25 bits per heavy atom. The van der Waals surface area contributed by atoms with Crippen LogP contribution in [0.5, 0.6) is 0 Å². The molecule has 3 nitrogen and oxygen atoms in total. The quantitative estimate of drug-likeness (QED) is 0.603. The smallest absolute Gasteiger partial charge is 0.236 e. The number of rotatable bonds is 4. The molecule has 1 amide bonds. The maximum absolute atomic E-state index is 11.1. The second kappa shape index (κ2) is 5.62. The number of hydrogen-bond acceptors (Lipinski definition) is 2. The van der Waals surface area contributed by atoms with E-state index in [1.165, 1.54) is 4.90 Å². The first-order valence-electron chi connectivity index (χ1n) is 4.01. The van der Waals surface area contributed by atoms with Crippen LogP contribution >= 0.6 is 0 Å². The molecule has 0 saturated heterocycles. The monoisotopic (exact) mass is 168 g/mol. The molecule has 0 radical (unpaired) electrons. The van der Waals surface area contributed by atoms with E-state index in [9.17, 15) is 4.79 Å². The standard InChI is InChI=1S/C9H16N2O/c1-5-8(6-2)10-7-9(12)11(3)4/h1,8,10H,6-7H2,2-4H3. The van der Waals surface area contributed by atoms with Gasteiger partial charge in [0, 0.05) is 14.1 Å². The van der Waals surface area contributed by atoms with Gasteiger partial charge in [-0.1, -0.05) is 12.8 Å². The van der Waals surface area contributed by atoms with Crippen LogP contribution in [0.3, 0.4) is 0 Å². The zero-order chi connectivity index (χ0) is 9.56. The van der Waals surface area contributed by atoms with Gasteiger partial charge in [0.15, 0.2) is 0 Å². The van der Waals surface area contributed by atoms with Gasteiger partial charge in [-0.25, -0.2) is 0 Å². The van der Waals surface area contributed by atoms with Gasteiger partial charge < -0.3 is 4.90 Å². The average molecular weight is 168 g/mol. The number of likely N-dealkylation sites (N-methyl/N-ethyl adjacent to an activating group) is 1. The minimum absolute atomic E-state index is 0.00824. The third-order valence-electron chi connectivity index (χ3n) is 1.61.